The molecule has 0 bridgehead atoms. The lowest BCUT2D eigenvalue weighted by Gasteiger charge is -2.05. The highest BCUT2D eigenvalue weighted by Gasteiger charge is 2.07. The van der Waals surface area contributed by atoms with E-state index in [0.717, 1.165) is 40.5 Å². The van der Waals surface area contributed by atoms with Crippen molar-refractivity contribution in [1.82, 2.24) is 15.3 Å². The smallest absolute Gasteiger partial charge is 0.270 e. The van der Waals surface area contributed by atoms with E-state index in [-0.39, 0.29) is 5.69 Å². The fourth-order valence-corrected chi connectivity index (χ4v) is 3.93. The molecule has 0 aliphatic carbocycles. The number of rotatable bonds is 2. The van der Waals surface area contributed by atoms with Gasteiger partial charge in [-0.25, -0.2) is 9.97 Å². The van der Waals surface area contributed by atoms with Crippen LogP contribution in [0.5, 0.6) is 0 Å². The molecule has 0 unspecified atom stereocenters. The number of hydrogen-bond acceptors (Lipinski definition) is 9. The summed E-state index contributed by atoms with van der Waals surface area (Å²) in [6, 6.07) is 10.8. The number of guanidine groups is 1. The van der Waals surface area contributed by atoms with Crippen molar-refractivity contribution in [3.63, 3.8) is 0 Å². The number of nitro benzene ring substituents is 1. The first kappa shape index (κ1) is 17.3. The van der Waals surface area contributed by atoms with Gasteiger partial charge in [-0.1, -0.05) is 0 Å². The molecule has 0 atom stereocenters. The van der Waals surface area contributed by atoms with Crippen LogP contribution in [0.3, 0.4) is 0 Å². The van der Waals surface area contributed by atoms with Gasteiger partial charge in [-0.3, -0.25) is 15.1 Å². The molecule has 1 aliphatic heterocycles. The maximum Gasteiger partial charge on any atom is 0.270 e. The average molecular weight is 398 g/mol. The number of fused-ring (bicyclic) bond motifs is 2. The quantitative estimate of drug-likeness (QED) is 0.392. The van der Waals surface area contributed by atoms with Gasteiger partial charge < -0.3 is 10.6 Å². The van der Waals surface area contributed by atoms with Crippen LogP contribution in [0, 0.1) is 10.1 Å². The van der Waals surface area contributed by atoms with Gasteiger partial charge in [-0.05, 0) is 24.3 Å². The Morgan fingerprint density at radius 2 is 1.74 bits per heavy atom. The Bertz CT molecular complexity index is 1140. The van der Waals surface area contributed by atoms with Crippen LogP contribution in [-0.4, -0.2) is 33.9 Å². The van der Waals surface area contributed by atoms with Crippen molar-refractivity contribution in [2.75, 3.05) is 18.4 Å². The van der Waals surface area contributed by atoms with Gasteiger partial charge in [0, 0.05) is 24.4 Å². The number of non-ortho nitro benzene ring substituents is 1. The molecule has 136 valence electrons. The zero-order valence-electron chi connectivity index (χ0n) is 14.0. The number of anilines is 1. The molecule has 5 rings (SSSR count). The van der Waals surface area contributed by atoms with E-state index in [1.165, 1.54) is 28.2 Å². The molecule has 27 heavy (non-hydrogen) atoms. The second-order valence-electron chi connectivity index (χ2n) is 5.58. The Hall–Kier alpha value is -3.11. The van der Waals surface area contributed by atoms with Crippen LogP contribution in [-0.2, 0) is 0 Å². The van der Waals surface area contributed by atoms with Crippen LogP contribution in [0.1, 0.15) is 0 Å². The van der Waals surface area contributed by atoms with Crippen LogP contribution in [0.2, 0.25) is 0 Å². The zero-order valence-corrected chi connectivity index (χ0v) is 15.6. The third-order valence-corrected chi connectivity index (χ3v) is 5.38. The van der Waals surface area contributed by atoms with Gasteiger partial charge in [0.25, 0.3) is 5.69 Å². The fraction of sp³-hybridized carbons (Fsp3) is 0.118. The van der Waals surface area contributed by atoms with Gasteiger partial charge in [-0.2, -0.15) is 0 Å². The summed E-state index contributed by atoms with van der Waals surface area (Å²) in [5, 5.41) is 16.8. The zero-order chi connectivity index (χ0) is 18.6. The van der Waals surface area contributed by atoms with Crippen LogP contribution in [0.4, 0.5) is 11.4 Å². The van der Waals surface area contributed by atoms with Crippen molar-refractivity contribution >= 4 is 60.4 Å². The van der Waals surface area contributed by atoms with Gasteiger partial charge >= 0.3 is 0 Å². The van der Waals surface area contributed by atoms with E-state index in [2.05, 4.69) is 31.7 Å². The van der Waals surface area contributed by atoms with Crippen molar-refractivity contribution < 1.29 is 4.92 Å². The molecular weight excluding hydrogens is 384 g/mol. The molecule has 0 amide bonds. The highest BCUT2D eigenvalue weighted by atomic mass is 32.1. The lowest BCUT2D eigenvalue weighted by atomic mass is 10.3. The lowest BCUT2D eigenvalue weighted by molar-refractivity contribution is -0.384. The number of aliphatic imine (C=N–C) groups is 1. The summed E-state index contributed by atoms with van der Waals surface area (Å²) >= 11 is 3.05. The third kappa shape index (κ3) is 4.01. The van der Waals surface area contributed by atoms with Crippen LogP contribution in [0.15, 0.2) is 52.4 Å². The number of aromatic nitrogens is 2. The van der Waals surface area contributed by atoms with Crippen LogP contribution < -0.4 is 10.6 Å². The normalized spacial score (nSPS) is 13.0. The van der Waals surface area contributed by atoms with E-state index in [4.69, 9.17) is 0 Å². The van der Waals surface area contributed by atoms with Gasteiger partial charge in [0.15, 0.2) is 5.96 Å². The summed E-state index contributed by atoms with van der Waals surface area (Å²) in [7, 11) is 0. The van der Waals surface area contributed by atoms with Crippen molar-refractivity contribution in [1.29, 1.82) is 0 Å². The third-order valence-electron chi connectivity index (χ3n) is 3.79. The minimum Gasteiger partial charge on any atom is -0.354 e. The van der Waals surface area contributed by atoms with Gasteiger partial charge in [0.2, 0.25) is 0 Å². The molecule has 0 fully saturated rings. The minimum absolute atomic E-state index is 0.117. The molecule has 8 nitrogen and oxygen atoms in total. The Kier molecular flexibility index (Phi) is 4.90. The molecule has 0 spiro atoms. The number of nitrogens with one attached hydrogen (secondary N) is 2. The van der Waals surface area contributed by atoms with E-state index in [9.17, 15) is 10.1 Å². The molecule has 3 heterocycles. The lowest BCUT2D eigenvalue weighted by Crippen LogP contribution is -2.26. The molecule has 10 heteroatoms. The summed E-state index contributed by atoms with van der Waals surface area (Å²) in [4.78, 5) is 22.5. The van der Waals surface area contributed by atoms with E-state index in [1.54, 1.807) is 22.9 Å². The summed E-state index contributed by atoms with van der Waals surface area (Å²) in [6.45, 7) is 1.77. The van der Waals surface area contributed by atoms with E-state index < -0.39 is 4.92 Å². The van der Waals surface area contributed by atoms with Crippen molar-refractivity contribution in [3.8, 4) is 0 Å². The Labute approximate surface area is 161 Å². The summed E-state index contributed by atoms with van der Waals surface area (Å²) < 4.78 is 2.04. The van der Waals surface area contributed by atoms with Gasteiger partial charge in [0.05, 0.1) is 42.9 Å². The summed E-state index contributed by atoms with van der Waals surface area (Å²) in [6.07, 6.45) is 0. The Balaban J connectivity index is 0.000000137. The van der Waals surface area contributed by atoms with Crippen molar-refractivity contribution in [2.45, 2.75) is 0 Å². The van der Waals surface area contributed by atoms with Gasteiger partial charge in [-0.15, -0.1) is 22.7 Å². The topological polar surface area (TPSA) is 105 Å². The standard InChI is InChI=1S/C10H10N4S.C7H4N2O2S/c1-2-8-9(15-6-13-8)5-7(1)14-10-11-3-4-12-10;10-9(11)5-1-2-6-7(3-5)12-4-8-6/h1-2,5-6H,3-4H2,(H2,11,12,14);1-4H. The first-order valence-electron chi connectivity index (χ1n) is 8.05. The minimum atomic E-state index is -0.404. The Morgan fingerprint density at radius 1 is 1.04 bits per heavy atom. The van der Waals surface area contributed by atoms with Crippen LogP contribution in [0.25, 0.3) is 20.4 Å². The van der Waals surface area contributed by atoms with Gasteiger partial charge in [0.1, 0.15) is 0 Å². The van der Waals surface area contributed by atoms with Crippen molar-refractivity contribution in [3.05, 3.63) is 57.5 Å². The largest absolute Gasteiger partial charge is 0.354 e. The molecule has 2 N–H and O–H groups in total. The highest BCUT2D eigenvalue weighted by Crippen LogP contribution is 2.23. The molecule has 0 saturated carbocycles. The molecular formula is C17H14N6O2S2. The second-order valence-corrected chi connectivity index (χ2v) is 7.35. The van der Waals surface area contributed by atoms with E-state index >= 15 is 0 Å². The number of nitro groups is 1. The van der Waals surface area contributed by atoms with Crippen molar-refractivity contribution in [2.24, 2.45) is 4.99 Å². The summed E-state index contributed by atoms with van der Waals surface area (Å²) in [5.74, 6) is 0.860. The first-order chi connectivity index (χ1) is 13.2. The van der Waals surface area contributed by atoms with Crippen LogP contribution >= 0.6 is 22.7 Å². The number of hydrogen-bond donors (Lipinski definition) is 2. The Morgan fingerprint density at radius 3 is 2.41 bits per heavy atom. The SMILES string of the molecule is O=[N+]([O-])c1ccc2ncsc2c1.c1nc2ccc(NC3=NCCN3)cc2s1. The highest BCUT2D eigenvalue weighted by molar-refractivity contribution is 7.17. The fourth-order valence-electron chi connectivity index (χ4n) is 2.51. The van der Waals surface area contributed by atoms with E-state index in [1.807, 2.05) is 17.6 Å². The summed E-state index contributed by atoms with van der Waals surface area (Å²) in [5.41, 5.74) is 6.57. The maximum atomic E-state index is 10.4. The second kappa shape index (κ2) is 7.64. The predicted octanol–water partition coefficient (Wildman–Crippen LogP) is 3.87. The number of nitrogens with zero attached hydrogens (tertiary/aromatic N) is 4. The average Bonchev–Trinajstić information content (AvgIpc) is 3.42. The molecule has 2 aromatic carbocycles. The van der Waals surface area contributed by atoms with E-state index in [0.29, 0.717) is 0 Å². The number of thiazole rings is 2. The molecule has 0 radical (unpaired) electrons. The molecule has 2 aromatic heterocycles. The molecule has 1 aliphatic rings. The molecule has 0 saturated heterocycles. The maximum absolute atomic E-state index is 10.4. The predicted molar refractivity (Wildman–Crippen MR) is 110 cm³/mol. The number of benzene rings is 2. The molecule has 4 aromatic rings. The first-order valence-corrected chi connectivity index (χ1v) is 9.81. The monoisotopic (exact) mass is 398 g/mol.